The zero-order valence-corrected chi connectivity index (χ0v) is 9.61. The van der Waals surface area contributed by atoms with Gasteiger partial charge >= 0.3 is 0 Å². The van der Waals surface area contributed by atoms with Gasteiger partial charge in [-0.15, -0.1) is 12.4 Å². The van der Waals surface area contributed by atoms with Crippen LogP contribution in [0.15, 0.2) is 0 Å². The summed E-state index contributed by atoms with van der Waals surface area (Å²) in [5, 5.41) is 0. The lowest BCUT2D eigenvalue weighted by atomic mass is 10.0. The van der Waals surface area contributed by atoms with Gasteiger partial charge in [-0.3, -0.25) is 4.90 Å². The molecule has 1 saturated heterocycles. The lowest BCUT2D eigenvalue weighted by molar-refractivity contribution is 0.210. The molecule has 1 nitrogen and oxygen atoms in total. The van der Waals surface area contributed by atoms with Crippen molar-refractivity contribution in [1.29, 1.82) is 0 Å². The molecule has 1 aliphatic rings. The fourth-order valence-corrected chi connectivity index (χ4v) is 1.97. The van der Waals surface area contributed by atoms with Crippen LogP contribution in [-0.4, -0.2) is 30.2 Å². The third kappa shape index (κ3) is 4.28. The van der Waals surface area contributed by atoms with Crippen LogP contribution in [0.5, 0.6) is 0 Å². The van der Waals surface area contributed by atoms with Gasteiger partial charge in [-0.1, -0.05) is 13.8 Å². The highest BCUT2D eigenvalue weighted by atomic mass is 35.5. The van der Waals surface area contributed by atoms with Gasteiger partial charge in [0, 0.05) is 19.1 Å². The fraction of sp³-hybridized carbons (Fsp3) is 1.00. The molecule has 0 radical (unpaired) electrons. The van der Waals surface area contributed by atoms with Crippen molar-refractivity contribution in [3.05, 3.63) is 0 Å². The highest BCUT2D eigenvalue weighted by Crippen LogP contribution is 2.19. The van der Waals surface area contributed by atoms with Crippen LogP contribution in [0.3, 0.4) is 0 Å². The summed E-state index contributed by atoms with van der Waals surface area (Å²) in [6, 6.07) is 0.561. The molecule has 0 amide bonds. The van der Waals surface area contributed by atoms with Gasteiger partial charge in [-0.05, 0) is 25.7 Å². The first-order valence-corrected chi connectivity index (χ1v) is 4.97. The van der Waals surface area contributed by atoms with E-state index in [-0.39, 0.29) is 12.4 Å². The molecule has 0 aromatic rings. The zero-order valence-electron chi connectivity index (χ0n) is 8.79. The second kappa shape index (κ2) is 5.82. The van der Waals surface area contributed by atoms with Gasteiger partial charge in [0.25, 0.3) is 0 Å². The van der Waals surface area contributed by atoms with Crippen LogP contribution in [0.1, 0.15) is 33.6 Å². The molecule has 3 heteroatoms. The minimum absolute atomic E-state index is 0. The van der Waals surface area contributed by atoms with E-state index in [4.69, 9.17) is 0 Å². The zero-order chi connectivity index (χ0) is 9.14. The monoisotopic (exact) mass is 209 g/mol. The SMILES string of the molecule is CC(C)CC(C)N1CC[C@H](F)C1.Cl. The molecule has 80 valence electrons. The Hall–Kier alpha value is 0.180. The van der Waals surface area contributed by atoms with Crippen LogP contribution in [0.2, 0.25) is 0 Å². The van der Waals surface area contributed by atoms with Crippen molar-refractivity contribution in [2.45, 2.75) is 45.8 Å². The molecule has 0 aromatic carbocycles. The fourth-order valence-electron chi connectivity index (χ4n) is 1.97. The first-order valence-electron chi connectivity index (χ1n) is 4.97. The van der Waals surface area contributed by atoms with E-state index in [9.17, 15) is 4.39 Å². The Morgan fingerprint density at radius 2 is 2.00 bits per heavy atom. The summed E-state index contributed by atoms with van der Waals surface area (Å²) in [6.07, 6.45) is 1.36. The number of halogens is 2. The van der Waals surface area contributed by atoms with Crippen LogP contribution in [0.4, 0.5) is 4.39 Å². The van der Waals surface area contributed by atoms with E-state index in [0.717, 1.165) is 18.9 Å². The first-order chi connectivity index (χ1) is 5.59. The molecule has 13 heavy (non-hydrogen) atoms. The van der Waals surface area contributed by atoms with Gasteiger partial charge in [0.05, 0.1) is 0 Å². The molecule has 0 aliphatic carbocycles. The van der Waals surface area contributed by atoms with E-state index in [1.807, 2.05) is 0 Å². The summed E-state index contributed by atoms with van der Waals surface area (Å²) in [4.78, 5) is 2.27. The lowest BCUT2D eigenvalue weighted by Gasteiger charge is -2.24. The van der Waals surface area contributed by atoms with Crippen molar-refractivity contribution in [2.75, 3.05) is 13.1 Å². The molecule has 0 saturated carbocycles. The number of hydrogen-bond acceptors (Lipinski definition) is 1. The van der Waals surface area contributed by atoms with Crippen LogP contribution in [0, 0.1) is 5.92 Å². The van der Waals surface area contributed by atoms with Crippen molar-refractivity contribution in [3.8, 4) is 0 Å². The quantitative estimate of drug-likeness (QED) is 0.691. The predicted octanol–water partition coefficient (Wildman–Crippen LogP) is 2.89. The summed E-state index contributed by atoms with van der Waals surface area (Å²) in [6.45, 7) is 8.26. The maximum Gasteiger partial charge on any atom is 0.114 e. The largest absolute Gasteiger partial charge is 0.298 e. The molecule has 1 heterocycles. The molecule has 2 atom stereocenters. The van der Waals surface area contributed by atoms with E-state index < -0.39 is 6.17 Å². The number of hydrogen-bond donors (Lipinski definition) is 0. The third-order valence-corrected chi connectivity index (χ3v) is 2.60. The van der Waals surface area contributed by atoms with E-state index in [2.05, 4.69) is 25.7 Å². The van der Waals surface area contributed by atoms with Gasteiger partial charge in [0.15, 0.2) is 0 Å². The normalized spacial score (nSPS) is 26.1. The van der Waals surface area contributed by atoms with Gasteiger partial charge in [-0.25, -0.2) is 4.39 Å². The molecule has 0 spiro atoms. The van der Waals surface area contributed by atoms with Crippen molar-refractivity contribution >= 4 is 12.4 Å². The minimum Gasteiger partial charge on any atom is -0.298 e. The van der Waals surface area contributed by atoms with Crippen LogP contribution >= 0.6 is 12.4 Å². The Balaban J connectivity index is 0.00000144. The van der Waals surface area contributed by atoms with Crippen molar-refractivity contribution < 1.29 is 4.39 Å². The Bertz CT molecular complexity index is 141. The third-order valence-electron chi connectivity index (χ3n) is 2.60. The highest BCUT2D eigenvalue weighted by molar-refractivity contribution is 5.85. The van der Waals surface area contributed by atoms with Crippen LogP contribution in [0.25, 0.3) is 0 Å². The number of rotatable bonds is 3. The summed E-state index contributed by atoms with van der Waals surface area (Å²) in [7, 11) is 0. The maximum absolute atomic E-state index is 12.8. The predicted molar refractivity (Wildman–Crippen MR) is 57.3 cm³/mol. The second-order valence-electron chi connectivity index (χ2n) is 4.36. The van der Waals surface area contributed by atoms with Crippen LogP contribution < -0.4 is 0 Å². The molecule has 0 N–H and O–H groups in total. The van der Waals surface area contributed by atoms with E-state index >= 15 is 0 Å². The number of nitrogens with zero attached hydrogens (tertiary/aromatic N) is 1. The lowest BCUT2D eigenvalue weighted by Crippen LogP contribution is -2.32. The van der Waals surface area contributed by atoms with Crippen molar-refractivity contribution in [2.24, 2.45) is 5.92 Å². The summed E-state index contributed by atoms with van der Waals surface area (Å²) < 4.78 is 12.8. The Morgan fingerprint density at radius 3 is 2.38 bits per heavy atom. The van der Waals surface area contributed by atoms with Gasteiger partial charge in [0.1, 0.15) is 6.17 Å². The number of alkyl halides is 1. The molecular formula is C10H21ClFN. The highest BCUT2D eigenvalue weighted by Gasteiger charge is 2.25. The molecule has 1 fully saturated rings. The van der Waals surface area contributed by atoms with E-state index in [1.54, 1.807) is 0 Å². The average molecular weight is 210 g/mol. The van der Waals surface area contributed by atoms with Gasteiger partial charge < -0.3 is 0 Å². The topological polar surface area (TPSA) is 3.24 Å². The summed E-state index contributed by atoms with van der Waals surface area (Å²) >= 11 is 0. The Kier molecular flexibility index (Phi) is 5.90. The summed E-state index contributed by atoms with van der Waals surface area (Å²) in [5.41, 5.74) is 0. The van der Waals surface area contributed by atoms with Crippen molar-refractivity contribution in [1.82, 2.24) is 4.90 Å². The maximum atomic E-state index is 12.8. The first kappa shape index (κ1) is 13.2. The molecular weight excluding hydrogens is 189 g/mol. The molecule has 0 bridgehead atoms. The average Bonchev–Trinajstić information content (AvgIpc) is 2.34. The van der Waals surface area contributed by atoms with E-state index in [0.29, 0.717) is 12.6 Å². The Morgan fingerprint density at radius 1 is 1.38 bits per heavy atom. The van der Waals surface area contributed by atoms with E-state index in [1.165, 1.54) is 6.42 Å². The molecule has 0 aromatic heterocycles. The molecule has 1 aliphatic heterocycles. The standard InChI is InChI=1S/C10H20FN.ClH/c1-8(2)6-9(3)12-5-4-10(11)7-12;/h8-10H,4-7H2,1-3H3;1H/t9?,10-;/m0./s1. The van der Waals surface area contributed by atoms with Gasteiger partial charge in [-0.2, -0.15) is 0 Å². The number of likely N-dealkylation sites (tertiary alicyclic amines) is 1. The summed E-state index contributed by atoms with van der Waals surface area (Å²) in [5.74, 6) is 0.721. The smallest absolute Gasteiger partial charge is 0.114 e. The Labute approximate surface area is 87.1 Å². The minimum atomic E-state index is -0.570. The van der Waals surface area contributed by atoms with Gasteiger partial charge in [0.2, 0.25) is 0 Å². The van der Waals surface area contributed by atoms with Crippen molar-refractivity contribution in [3.63, 3.8) is 0 Å². The molecule has 1 rings (SSSR count). The van der Waals surface area contributed by atoms with Crippen LogP contribution in [-0.2, 0) is 0 Å². The second-order valence-corrected chi connectivity index (χ2v) is 4.36. The molecule has 1 unspecified atom stereocenters.